The Kier molecular flexibility index (Phi) is 4.95. The zero-order chi connectivity index (χ0) is 14.9. The number of nitrogens with zero attached hydrogens (tertiary/aromatic N) is 1. The van der Waals surface area contributed by atoms with Gasteiger partial charge in [0.2, 0.25) is 0 Å². The molecule has 0 amide bonds. The molecule has 2 nitrogen and oxygen atoms in total. The molecule has 0 aromatic heterocycles. The second kappa shape index (κ2) is 6.58. The molecule has 1 heterocycles. The van der Waals surface area contributed by atoms with E-state index in [9.17, 15) is 0 Å². The summed E-state index contributed by atoms with van der Waals surface area (Å²) in [7, 11) is 0. The SMILES string of the molecule is CC1CCCC(CNC2CC2)(CN2CCC(C(C)C)C2)C1. The van der Waals surface area contributed by atoms with Gasteiger partial charge in [0.25, 0.3) is 0 Å². The van der Waals surface area contributed by atoms with E-state index in [1.807, 2.05) is 0 Å². The van der Waals surface area contributed by atoms with Crippen molar-refractivity contribution in [2.24, 2.45) is 23.2 Å². The highest BCUT2D eigenvalue weighted by Gasteiger charge is 2.39. The number of nitrogens with one attached hydrogen (secondary N) is 1. The Morgan fingerprint density at radius 3 is 2.62 bits per heavy atom. The van der Waals surface area contributed by atoms with E-state index in [1.54, 1.807) is 0 Å². The van der Waals surface area contributed by atoms with Crippen LogP contribution in [0.3, 0.4) is 0 Å². The smallest absolute Gasteiger partial charge is 0.00684 e. The van der Waals surface area contributed by atoms with Crippen LogP contribution < -0.4 is 5.32 Å². The molecule has 2 heteroatoms. The Bertz CT molecular complexity index is 336. The van der Waals surface area contributed by atoms with E-state index >= 15 is 0 Å². The van der Waals surface area contributed by atoms with E-state index in [2.05, 4.69) is 31.0 Å². The van der Waals surface area contributed by atoms with Crippen LogP contribution in [0, 0.1) is 23.2 Å². The quantitative estimate of drug-likeness (QED) is 0.798. The minimum absolute atomic E-state index is 0.576. The third-order valence-corrected chi connectivity index (χ3v) is 6.34. The number of hydrogen-bond donors (Lipinski definition) is 1. The first kappa shape index (κ1) is 15.8. The van der Waals surface area contributed by atoms with Crippen LogP contribution in [0.4, 0.5) is 0 Å². The molecular weight excluding hydrogens is 256 g/mol. The van der Waals surface area contributed by atoms with Crippen molar-refractivity contribution < 1.29 is 0 Å². The molecule has 0 bridgehead atoms. The number of rotatable bonds is 6. The summed E-state index contributed by atoms with van der Waals surface area (Å²) in [6.45, 7) is 12.6. The summed E-state index contributed by atoms with van der Waals surface area (Å²) in [6, 6.07) is 0.862. The molecule has 2 saturated carbocycles. The predicted molar refractivity (Wildman–Crippen MR) is 90.5 cm³/mol. The topological polar surface area (TPSA) is 15.3 Å². The number of likely N-dealkylation sites (tertiary alicyclic amines) is 1. The van der Waals surface area contributed by atoms with Gasteiger partial charge in [0.05, 0.1) is 0 Å². The van der Waals surface area contributed by atoms with Crippen LogP contribution in [-0.2, 0) is 0 Å². The standard InChI is InChI=1S/C19H36N2/c1-15(2)17-8-10-21(12-17)14-19(13-20-18-6-7-18)9-4-5-16(3)11-19/h15-18,20H,4-14H2,1-3H3. The van der Waals surface area contributed by atoms with E-state index in [1.165, 1.54) is 71.1 Å². The van der Waals surface area contributed by atoms with Crippen LogP contribution in [0.2, 0.25) is 0 Å². The predicted octanol–water partition coefficient (Wildman–Crippen LogP) is 3.91. The highest BCUT2D eigenvalue weighted by atomic mass is 15.2. The highest BCUT2D eigenvalue weighted by Crippen LogP contribution is 2.41. The van der Waals surface area contributed by atoms with Crippen LogP contribution >= 0.6 is 0 Å². The van der Waals surface area contributed by atoms with Gasteiger partial charge in [0, 0.05) is 25.7 Å². The molecule has 0 aromatic carbocycles. The third-order valence-electron chi connectivity index (χ3n) is 6.34. The van der Waals surface area contributed by atoms with Crippen molar-refractivity contribution in [2.45, 2.75) is 71.8 Å². The molecule has 3 atom stereocenters. The second-order valence-electron chi connectivity index (χ2n) is 8.88. The Labute approximate surface area is 132 Å². The monoisotopic (exact) mass is 292 g/mol. The average Bonchev–Trinajstić information content (AvgIpc) is 3.15. The van der Waals surface area contributed by atoms with Crippen LogP contribution in [-0.4, -0.2) is 37.1 Å². The fourth-order valence-corrected chi connectivity index (χ4v) is 4.80. The summed E-state index contributed by atoms with van der Waals surface area (Å²) in [5.41, 5.74) is 0.576. The lowest BCUT2D eigenvalue weighted by Crippen LogP contribution is -2.46. The van der Waals surface area contributed by atoms with Gasteiger partial charge in [-0.1, -0.05) is 33.6 Å². The van der Waals surface area contributed by atoms with Crippen molar-refractivity contribution in [3.63, 3.8) is 0 Å². The number of hydrogen-bond acceptors (Lipinski definition) is 2. The van der Waals surface area contributed by atoms with Gasteiger partial charge >= 0.3 is 0 Å². The first-order valence-electron chi connectivity index (χ1n) is 9.52. The molecule has 3 fully saturated rings. The minimum atomic E-state index is 0.576. The summed E-state index contributed by atoms with van der Waals surface area (Å²) in [5.74, 6) is 2.74. The van der Waals surface area contributed by atoms with Crippen LogP contribution in [0.15, 0.2) is 0 Å². The van der Waals surface area contributed by atoms with E-state index in [-0.39, 0.29) is 0 Å². The molecule has 1 saturated heterocycles. The molecule has 1 aliphatic heterocycles. The Morgan fingerprint density at radius 2 is 2.00 bits per heavy atom. The fraction of sp³-hybridized carbons (Fsp3) is 1.00. The van der Waals surface area contributed by atoms with E-state index < -0.39 is 0 Å². The van der Waals surface area contributed by atoms with Crippen molar-refractivity contribution in [3.8, 4) is 0 Å². The van der Waals surface area contributed by atoms with Gasteiger partial charge in [-0.2, -0.15) is 0 Å². The Balaban J connectivity index is 1.58. The van der Waals surface area contributed by atoms with Crippen LogP contribution in [0.25, 0.3) is 0 Å². The van der Waals surface area contributed by atoms with E-state index in [4.69, 9.17) is 0 Å². The summed E-state index contributed by atoms with van der Waals surface area (Å²) >= 11 is 0. The Morgan fingerprint density at radius 1 is 1.19 bits per heavy atom. The van der Waals surface area contributed by atoms with Crippen molar-refractivity contribution in [3.05, 3.63) is 0 Å². The van der Waals surface area contributed by atoms with Gasteiger partial charge in [0.1, 0.15) is 0 Å². The lowest BCUT2D eigenvalue weighted by atomic mass is 9.69. The molecule has 0 radical (unpaired) electrons. The van der Waals surface area contributed by atoms with Gasteiger partial charge in [0.15, 0.2) is 0 Å². The first-order chi connectivity index (χ1) is 10.1. The highest BCUT2D eigenvalue weighted by molar-refractivity contribution is 4.94. The molecule has 3 rings (SSSR count). The largest absolute Gasteiger partial charge is 0.313 e. The third kappa shape index (κ3) is 4.22. The van der Waals surface area contributed by atoms with Crippen molar-refractivity contribution in [1.29, 1.82) is 0 Å². The molecule has 2 aliphatic carbocycles. The molecule has 122 valence electrons. The molecule has 0 spiro atoms. The summed E-state index contributed by atoms with van der Waals surface area (Å²) in [4.78, 5) is 2.80. The zero-order valence-electron chi connectivity index (χ0n) is 14.5. The maximum Gasteiger partial charge on any atom is 0.00684 e. The fourth-order valence-electron chi connectivity index (χ4n) is 4.80. The summed E-state index contributed by atoms with van der Waals surface area (Å²) in [5, 5.41) is 3.87. The Hall–Kier alpha value is -0.0800. The molecule has 21 heavy (non-hydrogen) atoms. The first-order valence-corrected chi connectivity index (χ1v) is 9.52. The van der Waals surface area contributed by atoms with Gasteiger partial charge < -0.3 is 10.2 Å². The normalized spacial score (nSPS) is 38.3. The molecular formula is C19H36N2. The minimum Gasteiger partial charge on any atom is -0.313 e. The van der Waals surface area contributed by atoms with Crippen molar-refractivity contribution in [2.75, 3.05) is 26.2 Å². The van der Waals surface area contributed by atoms with E-state index in [0.717, 1.165) is 23.8 Å². The van der Waals surface area contributed by atoms with E-state index in [0.29, 0.717) is 5.41 Å². The van der Waals surface area contributed by atoms with Gasteiger partial charge in [-0.3, -0.25) is 0 Å². The summed E-state index contributed by atoms with van der Waals surface area (Å²) < 4.78 is 0. The van der Waals surface area contributed by atoms with Crippen LogP contribution in [0.5, 0.6) is 0 Å². The molecule has 3 aliphatic rings. The van der Waals surface area contributed by atoms with Crippen molar-refractivity contribution >= 4 is 0 Å². The van der Waals surface area contributed by atoms with Crippen LogP contribution in [0.1, 0.15) is 65.7 Å². The van der Waals surface area contributed by atoms with Crippen molar-refractivity contribution in [1.82, 2.24) is 10.2 Å². The van der Waals surface area contributed by atoms with Gasteiger partial charge in [-0.15, -0.1) is 0 Å². The maximum absolute atomic E-state index is 3.87. The molecule has 0 aromatic rings. The molecule has 3 unspecified atom stereocenters. The zero-order valence-corrected chi connectivity index (χ0v) is 14.5. The maximum atomic E-state index is 3.87. The second-order valence-corrected chi connectivity index (χ2v) is 8.88. The average molecular weight is 293 g/mol. The lowest BCUT2D eigenvalue weighted by Gasteiger charge is -2.43. The van der Waals surface area contributed by atoms with Gasteiger partial charge in [-0.05, 0) is 61.8 Å². The molecule has 1 N–H and O–H groups in total. The lowest BCUT2D eigenvalue weighted by molar-refractivity contribution is 0.0879. The van der Waals surface area contributed by atoms with Gasteiger partial charge in [-0.25, -0.2) is 0 Å². The summed E-state index contributed by atoms with van der Waals surface area (Å²) in [6.07, 6.45) is 10.1.